The van der Waals surface area contributed by atoms with Crippen molar-refractivity contribution in [2.45, 2.75) is 19.9 Å². The van der Waals surface area contributed by atoms with E-state index in [1.165, 1.54) is 18.3 Å². The van der Waals surface area contributed by atoms with Crippen LogP contribution in [0.15, 0.2) is 53.6 Å². The van der Waals surface area contributed by atoms with E-state index in [1.54, 1.807) is 36.4 Å². The summed E-state index contributed by atoms with van der Waals surface area (Å²) in [6.07, 6.45) is 1.41. The third-order valence-electron chi connectivity index (χ3n) is 3.60. The minimum atomic E-state index is -0.750. The highest BCUT2D eigenvalue weighted by Crippen LogP contribution is 2.11. The molecule has 7 heteroatoms. The van der Waals surface area contributed by atoms with Crippen LogP contribution in [0.3, 0.4) is 0 Å². The molecule has 6 nitrogen and oxygen atoms in total. The highest BCUT2D eigenvalue weighted by molar-refractivity contribution is 6.30. The van der Waals surface area contributed by atoms with E-state index in [9.17, 15) is 14.7 Å². The summed E-state index contributed by atoms with van der Waals surface area (Å²) in [5, 5.41) is 16.5. The van der Waals surface area contributed by atoms with Crippen LogP contribution in [-0.2, 0) is 4.79 Å². The van der Waals surface area contributed by atoms with Gasteiger partial charge >= 0.3 is 0 Å². The smallest absolute Gasteiger partial charge is 0.262 e. The number of halogens is 1. The minimum absolute atomic E-state index is 0.107. The fourth-order valence-electron chi connectivity index (χ4n) is 2.21. The number of hydrogen-bond acceptors (Lipinski definition) is 4. The molecule has 0 saturated carbocycles. The zero-order valence-corrected chi connectivity index (χ0v) is 15.2. The van der Waals surface area contributed by atoms with Crippen molar-refractivity contribution >= 4 is 29.6 Å². The molecule has 1 atom stereocenters. The van der Waals surface area contributed by atoms with Gasteiger partial charge in [0.15, 0.2) is 0 Å². The Balaban J connectivity index is 2.00. The van der Waals surface area contributed by atoms with Crippen molar-refractivity contribution in [2.75, 3.05) is 0 Å². The Hall–Kier alpha value is -2.86. The van der Waals surface area contributed by atoms with Gasteiger partial charge in [-0.3, -0.25) is 9.59 Å². The summed E-state index contributed by atoms with van der Waals surface area (Å²) < 4.78 is 0. The second-order valence-electron chi connectivity index (χ2n) is 6.03. The molecule has 2 aromatic rings. The van der Waals surface area contributed by atoms with Crippen molar-refractivity contribution in [1.29, 1.82) is 0 Å². The summed E-state index contributed by atoms with van der Waals surface area (Å²) in [7, 11) is 0. The molecule has 0 aliphatic rings. The third kappa shape index (κ3) is 5.60. The number of phenolic OH excluding ortho intramolecular Hbond substituents is 1. The van der Waals surface area contributed by atoms with Crippen LogP contribution in [0.25, 0.3) is 0 Å². The quantitative estimate of drug-likeness (QED) is 0.537. The normalized spacial score (nSPS) is 12.2. The number of aromatic hydroxyl groups is 1. The molecule has 26 heavy (non-hydrogen) atoms. The van der Waals surface area contributed by atoms with Crippen LogP contribution in [0.1, 0.15) is 29.8 Å². The van der Waals surface area contributed by atoms with Gasteiger partial charge in [-0.1, -0.05) is 37.6 Å². The zero-order valence-electron chi connectivity index (χ0n) is 14.4. The summed E-state index contributed by atoms with van der Waals surface area (Å²) in [5.74, 6) is -0.830. The number of benzene rings is 2. The predicted molar refractivity (Wildman–Crippen MR) is 101 cm³/mol. The second kappa shape index (κ2) is 9.01. The number of carbonyl (C=O) groups is 2. The van der Waals surface area contributed by atoms with Crippen LogP contribution in [0.2, 0.25) is 5.02 Å². The summed E-state index contributed by atoms with van der Waals surface area (Å²) in [4.78, 5) is 24.7. The molecule has 0 spiro atoms. The maximum absolute atomic E-state index is 12.4. The van der Waals surface area contributed by atoms with Crippen LogP contribution in [-0.4, -0.2) is 29.2 Å². The lowest BCUT2D eigenvalue weighted by atomic mass is 10.0. The van der Waals surface area contributed by atoms with E-state index in [2.05, 4.69) is 15.8 Å². The Labute approximate surface area is 156 Å². The topological polar surface area (TPSA) is 90.8 Å². The first-order chi connectivity index (χ1) is 12.4. The van der Waals surface area contributed by atoms with Crippen molar-refractivity contribution in [1.82, 2.24) is 10.7 Å². The maximum atomic E-state index is 12.4. The largest absolute Gasteiger partial charge is 0.508 e. The lowest BCUT2D eigenvalue weighted by Crippen LogP contribution is -2.48. The van der Waals surface area contributed by atoms with Crippen molar-refractivity contribution in [3.8, 4) is 5.75 Å². The van der Waals surface area contributed by atoms with Gasteiger partial charge in [0.05, 0.1) is 6.21 Å². The Kier molecular flexibility index (Phi) is 6.74. The molecule has 1 unspecified atom stereocenters. The lowest BCUT2D eigenvalue weighted by Gasteiger charge is -2.20. The van der Waals surface area contributed by atoms with Gasteiger partial charge < -0.3 is 10.4 Å². The number of hydrazone groups is 1. The number of nitrogens with zero attached hydrogens (tertiary/aromatic N) is 1. The molecule has 2 amide bonds. The molecule has 0 aromatic heterocycles. The average molecular weight is 374 g/mol. The zero-order chi connectivity index (χ0) is 19.1. The van der Waals surface area contributed by atoms with E-state index in [0.717, 1.165) is 0 Å². The van der Waals surface area contributed by atoms with Crippen molar-refractivity contribution in [3.63, 3.8) is 0 Å². The molecule has 0 fully saturated rings. The number of rotatable bonds is 6. The third-order valence-corrected chi connectivity index (χ3v) is 3.85. The summed E-state index contributed by atoms with van der Waals surface area (Å²) >= 11 is 5.81. The Morgan fingerprint density at radius 2 is 1.85 bits per heavy atom. The molecule has 0 bridgehead atoms. The van der Waals surface area contributed by atoms with Crippen LogP contribution in [0.4, 0.5) is 0 Å². The molecule has 0 radical (unpaired) electrons. The van der Waals surface area contributed by atoms with Crippen LogP contribution in [0.5, 0.6) is 5.75 Å². The molecule has 0 aliphatic heterocycles. The first-order valence-electron chi connectivity index (χ1n) is 8.05. The summed E-state index contributed by atoms with van der Waals surface area (Å²) in [6, 6.07) is 12.1. The number of nitrogens with one attached hydrogen (secondary N) is 2. The number of amides is 2. The van der Waals surface area contributed by atoms with Gasteiger partial charge in [-0.05, 0) is 47.9 Å². The average Bonchev–Trinajstić information content (AvgIpc) is 2.59. The predicted octanol–water partition coefficient (Wildman–Crippen LogP) is 2.95. The van der Waals surface area contributed by atoms with Gasteiger partial charge in [-0.25, -0.2) is 5.43 Å². The van der Waals surface area contributed by atoms with Crippen LogP contribution >= 0.6 is 11.6 Å². The Bertz CT molecular complexity index is 804. The van der Waals surface area contributed by atoms with E-state index < -0.39 is 11.9 Å². The van der Waals surface area contributed by atoms with E-state index in [0.29, 0.717) is 16.1 Å². The maximum Gasteiger partial charge on any atom is 0.262 e. The molecular formula is C19H20ClN3O3. The first kappa shape index (κ1) is 19.5. The van der Waals surface area contributed by atoms with Gasteiger partial charge in [-0.15, -0.1) is 0 Å². The molecule has 0 aliphatic carbocycles. The monoisotopic (exact) mass is 373 g/mol. The van der Waals surface area contributed by atoms with Gasteiger partial charge in [0, 0.05) is 10.6 Å². The number of hydrogen-bond donors (Lipinski definition) is 3. The molecule has 2 rings (SSSR count). The van der Waals surface area contributed by atoms with E-state index >= 15 is 0 Å². The molecule has 3 N–H and O–H groups in total. The molecular weight excluding hydrogens is 354 g/mol. The molecule has 0 heterocycles. The van der Waals surface area contributed by atoms with Crippen LogP contribution < -0.4 is 10.7 Å². The second-order valence-corrected chi connectivity index (χ2v) is 6.47. The fourth-order valence-corrected chi connectivity index (χ4v) is 2.33. The van der Waals surface area contributed by atoms with Crippen molar-refractivity contribution in [3.05, 3.63) is 64.7 Å². The standard InChI is InChI=1S/C19H20ClN3O3/c1-12(2)17(22-18(25)14-6-8-15(20)9-7-14)19(26)23-21-11-13-4-3-5-16(24)10-13/h3-12,17,24H,1-2H3,(H,22,25)(H,23,26)/b21-11+. The first-order valence-corrected chi connectivity index (χ1v) is 8.43. The van der Waals surface area contributed by atoms with Gasteiger partial charge in [0.1, 0.15) is 11.8 Å². The highest BCUT2D eigenvalue weighted by Gasteiger charge is 2.24. The lowest BCUT2D eigenvalue weighted by molar-refractivity contribution is -0.123. The van der Waals surface area contributed by atoms with E-state index in [1.807, 2.05) is 13.8 Å². The number of phenols is 1. The Morgan fingerprint density at radius 1 is 1.15 bits per heavy atom. The van der Waals surface area contributed by atoms with Gasteiger partial charge in [0.25, 0.3) is 11.8 Å². The highest BCUT2D eigenvalue weighted by atomic mass is 35.5. The number of carbonyl (C=O) groups excluding carboxylic acids is 2. The summed E-state index contributed by atoms with van der Waals surface area (Å²) in [5.41, 5.74) is 3.46. The fraction of sp³-hybridized carbons (Fsp3) is 0.211. The molecule has 2 aromatic carbocycles. The minimum Gasteiger partial charge on any atom is -0.508 e. The van der Waals surface area contributed by atoms with Gasteiger partial charge in [-0.2, -0.15) is 5.10 Å². The summed E-state index contributed by atoms with van der Waals surface area (Å²) in [6.45, 7) is 3.65. The Morgan fingerprint density at radius 3 is 2.46 bits per heavy atom. The van der Waals surface area contributed by atoms with E-state index in [-0.39, 0.29) is 17.6 Å². The van der Waals surface area contributed by atoms with Gasteiger partial charge in [0.2, 0.25) is 0 Å². The van der Waals surface area contributed by atoms with Crippen LogP contribution in [0, 0.1) is 5.92 Å². The molecule has 136 valence electrons. The molecule has 0 saturated heterocycles. The van der Waals surface area contributed by atoms with Crippen molar-refractivity contribution in [2.24, 2.45) is 11.0 Å². The SMILES string of the molecule is CC(C)C(NC(=O)c1ccc(Cl)cc1)C(=O)N/N=C/c1cccc(O)c1. The van der Waals surface area contributed by atoms with Crippen molar-refractivity contribution < 1.29 is 14.7 Å². The van der Waals surface area contributed by atoms with E-state index in [4.69, 9.17) is 11.6 Å².